The molecule has 0 spiro atoms. The second-order valence-corrected chi connectivity index (χ2v) is 8.63. The number of benzene rings is 1. The van der Waals surface area contributed by atoms with Crippen molar-refractivity contribution in [1.29, 1.82) is 0 Å². The number of hydrogen-bond acceptors (Lipinski definition) is 4. The molecule has 0 aliphatic heterocycles. The van der Waals surface area contributed by atoms with E-state index in [2.05, 4.69) is 6.92 Å². The molecule has 1 aromatic rings. The van der Waals surface area contributed by atoms with Gasteiger partial charge in [0.1, 0.15) is 0 Å². The first kappa shape index (κ1) is 17.4. The van der Waals surface area contributed by atoms with Gasteiger partial charge in [-0.3, -0.25) is 0 Å². The summed E-state index contributed by atoms with van der Waals surface area (Å²) in [6, 6.07) is 8.02. The predicted molar refractivity (Wildman–Crippen MR) is 92.9 cm³/mol. The molecule has 0 unspecified atom stereocenters. The van der Waals surface area contributed by atoms with Crippen LogP contribution >= 0.6 is 12.2 Å². The van der Waals surface area contributed by atoms with E-state index in [0.29, 0.717) is 0 Å². The lowest BCUT2D eigenvalue weighted by Gasteiger charge is -2.15. The molecule has 0 bridgehead atoms. The zero-order valence-corrected chi connectivity index (χ0v) is 14.8. The number of hydrogen-bond donors (Lipinski definition) is 1. The monoisotopic (exact) mass is 341 g/mol. The van der Waals surface area contributed by atoms with E-state index in [1.54, 1.807) is 14.0 Å². The van der Waals surface area contributed by atoms with Crippen LogP contribution in [0.5, 0.6) is 0 Å². The third kappa shape index (κ3) is 2.68. The fourth-order valence-corrected chi connectivity index (χ4v) is 5.79. The van der Waals surface area contributed by atoms with Gasteiger partial charge in [-0.05, 0) is 17.5 Å². The molecule has 4 nitrogen and oxygen atoms in total. The van der Waals surface area contributed by atoms with Crippen molar-refractivity contribution < 1.29 is 13.2 Å². The Balaban J connectivity index is 2.48. The molecule has 122 valence electrons. The summed E-state index contributed by atoms with van der Waals surface area (Å²) < 4.78 is 30.3. The predicted octanol–water partition coefficient (Wildman–Crippen LogP) is 2.07. The van der Waals surface area contributed by atoms with Gasteiger partial charge >= 0.3 is 0 Å². The highest BCUT2D eigenvalue weighted by Crippen LogP contribution is 2.63. The van der Waals surface area contributed by atoms with E-state index in [9.17, 15) is 8.42 Å². The first-order chi connectivity index (χ1) is 10.3. The van der Waals surface area contributed by atoms with Gasteiger partial charge in [0.2, 0.25) is 0 Å². The molecule has 0 radical (unpaired) electrons. The van der Waals surface area contributed by atoms with Gasteiger partial charge in [0.05, 0.1) is 22.3 Å². The maximum absolute atomic E-state index is 12.5. The summed E-state index contributed by atoms with van der Waals surface area (Å²) in [5.74, 6) is -0.143. The lowest BCUT2D eigenvalue weighted by Crippen LogP contribution is -2.33. The molecular formula is C16H23NO3S2. The number of methoxy groups -OCH3 is 1. The molecule has 2 rings (SSSR count). The highest BCUT2D eigenvalue weighted by molar-refractivity contribution is 7.92. The summed E-state index contributed by atoms with van der Waals surface area (Å²) in [6.07, 6.45) is 0.945. The van der Waals surface area contributed by atoms with Crippen molar-refractivity contribution in [3.8, 4) is 0 Å². The van der Waals surface area contributed by atoms with Gasteiger partial charge in [-0.2, -0.15) is 0 Å². The lowest BCUT2D eigenvalue weighted by molar-refractivity contribution is 0.166. The van der Waals surface area contributed by atoms with E-state index in [-0.39, 0.29) is 23.3 Å². The third-order valence-corrected chi connectivity index (χ3v) is 7.29. The number of nitrogens with two attached hydrogens (primary N) is 1. The Morgan fingerprint density at radius 2 is 1.91 bits per heavy atom. The van der Waals surface area contributed by atoms with Crippen molar-refractivity contribution in [1.82, 2.24) is 0 Å². The number of rotatable bonds is 7. The van der Waals surface area contributed by atoms with E-state index in [1.165, 1.54) is 5.56 Å². The van der Waals surface area contributed by atoms with Crippen LogP contribution in [0.2, 0.25) is 0 Å². The molecule has 0 saturated heterocycles. The minimum Gasteiger partial charge on any atom is -0.393 e. The summed E-state index contributed by atoms with van der Waals surface area (Å²) in [5, 5.41) is -0.588. The molecule has 6 heteroatoms. The van der Waals surface area contributed by atoms with Gasteiger partial charge in [0, 0.05) is 18.8 Å². The molecule has 0 amide bonds. The number of thiocarbonyl (C=S) groups is 1. The van der Waals surface area contributed by atoms with E-state index in [4.69, 9.17) is 22.7 Å². The van der Waals surface area contributed by atoms with Crippen LogP contribution in [0.1, 0.15) is 30.9 Å². The Morgan fingerprint density at radius 3 is 2.32 bits per heavy atom. The molecule has 3 atom stereocenters. The number of aryl methyl sites for hydroxylation is 1. The lowest BCUT2D eigenvalue weighted by atomic mass is 9.98. The SMILES string of the molecule is CCc1ccc([C@@H]2[C@@H](S(=O)(=O)CC)[C@]2(COC)C(N)=S)cc1. The number of ether oxygens (including phenoxy) is 1. The van der Waals surface area contributed by atoms with E-state index < -0.39 is 20.5 Å². The van der Waals surface area contributed by atoms with Gasteiger partial charge in [-0.1, -0.05) is 50.3 Å². The van der Waals surface area contributed by atoms with Gasteiger partial charge in [0.25, 0.3) is 0 Å². The Labute approximate surface area is 138 Å². The quantitative estimate of drug-likeness (QED) is 0.769. The van der Waals surface area contributed by atoms with Crippen LogP contribution in [0.4, 0.5) is 0 Å². The second kappa shape index (κ2) is 6.26. The smallest absolute Gasteiger partial charge is 0.154 e. The minimum atomic E-state index is -3.26. The molecular weight excluding hydrogens is 318 g/mol. The maximum atomic E-state index is 12.5. The van der Waals surface area contributed by atoms with Crippen LogP contribution in [0, 0.1) is 5.41 Å². The molecule has 22 heavy (non-hydrogen) atoms. The largest absolute Gasteiger partial charge is 0.393 e. The number of sulfone groups is 1. The van der Waals surface area contributed by atoms with Crippen molar-refractivity contribution in [3.63, 3.8) is 0 Å². The van der Waals surface area contributed by atoms with Gasteiger partial charge < -0.3 is 10.5 Å². The van der Waals surface area contributed by atoms with Crippen LogP contribution in [-0.4, -0.2) is 38.1 Å². The van der Waals surface area contributed by atoms with Crippen LogP contribution in [-0.2, 0) is 21.0 Å². The maximum Gasteiger partial charge on any atom is 0.154 e. The standard InChI is InChI=1S/C16H23NO3S2/c1-4-11-6-8-12(9-7-11)13-14(22(18,19)5-2)16(13,10-20-3)15(17)21/h6-9,13-14H,4-5,10H2,1-3H3,(H2,17,21)/t13-,14-,16-/m1/s1. The minimum absolute atomic E-state index is 0.0787. The van der Waals surface area contributed by atoms with Gasteiger partial charge in [-0.15, -0.1) is 0 Å². The van der Waals surface area contributed by atoms with Crippen LogP contribution < -0.4 is 5.73 Å². The molecule has 1 aliphatic rings. The fraction of sp³-hybridized carbons (Fsp3) is 0.562. The first-order valence-electron chi connectivity index (χ1n) is 7.44. The molecule has 0 aromatic heterocycles. The molecule has 2 N–H and O–H groups in total. The van der Waals surface area contributed by atoms with Crippen molar-refractivity contribution >= 4 is 27.0 Å². The normalized spacial score (nSPS) is 27.6. The van der Waals surface area contributed by atoms with Gasteiger partial charge in [-0.25, -0.2) is 8.42 Å². The molecule has 1 fully saturated rings. The second-order valence-electron chi connectivity index (χ2n) is 5.78. The van der Waals surface area contributed by atoms with E-state index in [1.807, 2.05) is 24.3 Å². The average molecular weight is 341 g/mol. The zero-order valence-electron chi connectivity index (χ0n) is 13.2. The Bertz CT molecular complexity index is 654. The molecule has 0 heterocycles. The Morgan fingerprint density at radius 1 is 1.32 bits per heavy atom. The highest BCUT2D eigenvalue weighted by Gasteiger charge is 2.72. The molecule has 1 aromatic carbocycles. The molecule has 1 aliphatic carbocycles. The Hall–Kier alpha value is -0.980. The highest BCUT2D eigenvalue weighted by atomic mass is 32.2. The Kier molecular flexibility index (Phi) is 4.94. The summed E-state index contributed by atoms with van der Waals surface area (Å²) in [4.78, 5) is 0.223. The van der Waals surface area contributed by atoms with Crippen molar-refractivity contribution in [2.45, 2.75) is 31.4 Å². The van der Waals surface area contributed by atoms with E-state index in [0.717, 1.165) is 12.0 Å². The zero-order chi connectivity index (χ0) is 16.5. The van der Waals surface area contributed by atoms with Crippen molar-refractivity contribution in [2.75, 3.05) is 19.5 Å². The van der Waals surface area contributed by atoms with Crippen molar-refractivity contribution in [2.24, 2.45) is 11.1 Å². The van der Waals surface area contributed by atoms with Crippen LogP contribution in [0.25, 0.3) is 0 Å². The van der Waals surface area contributed by atoms with E-state index >= 15 is 0 Å². The topological polar surface area (TPSA) is 69.4 Å². The van der Waals surface area contributed by atoms with Crippen LogP contribution in [0.15, 0.2) is 24.3 Å². The van der Waals surface area contributed by atoms with Gasteiger partial charge in [0.15, 0.2) is 9.84 Å². The summed E-state index contributed by atoms with van der Waals surface area (Å²) in [7, 11) is -1.71. The fourth-order valence-electron chi connectivity index (χ4n) is 3.32. The summed E-state index contributed by atoms with van der Waals surface area (Å²) in [5.41, 5.74) is 7.32. The first-order valence-corrected chi connectivity index (χ1v) is 9.56. The summed E-state index contributed by atoms with van der Waals surface area (Å²) >= 11 is 5.21. The average Bonchev–Trinajstić information content (AvgIpc) is 3.19. The third-order valence-electron chi connectivity index (χ3n) is 4.63. The summed E-state index contributed by atoms with van der Waals surface area (Å²) in [6.45, 7) is 3.97. The molecule has 1 saturated carbocycles. The van der Waals surface area contributed by atoms with Crippen LogP contribution in [0.3, 0.4) is 0 Å². The van der Waals surface area contributed by atoms with Crippen molar-refractivity contribution in [3.05, 3.63) is 35.4 Å².